The fourth-order valence-corrected chi connectivity index (χ4v) is 1.33. The van der Waals surface area contributed by atoms with Gasteiger partial charge >= 0.3 is 6.18 Å². The fourth-order valence-electron chi connectivity index (χ4n) is 1.33. The van der Waals surface area contributed by atoms with Gasteiger partial charge in [0.15, 0.2) is 5.89 Å². The van der Waals surface area contributed by atoms with Crippen molar-refractivity contribution in [2.24, 2.45) is 0 Å². The number of rotatable bonds is 1. The van der Waals surface area contributed by atoms with Crippen LogP contribution in [0.25, 0.3) is 11.3 Å². The molecule has 1 aromatic carbocycles. The molecule has 0 unspecified atom stereocenters. The van der Waals surface area contributed by atoms with E-state index in [9.17, 15) is 13.2 Å². The molecule has 0 amide bonds. The minimum Gasteiger partial charge on any atom is -0.449 e. The van der Waals surface area contributed by atoms with Crippen molar-refractivity contribution in [3.63, 3.8) is 0 Å². The molecular formula is C11H8F3NO. The number of nitrogens with zero attached hydrogens (tertiary/aromatic N) is 1. The standard InChI is InChI=1S/C11H8F3NO/c1-7-15-10(6-16-7)8-2-4-9(5-3-8)11(12,13)14/h2-6H,1H3. The minimum atomic E-state index is -4.31. The fraction of sp³-hybridized carbons (Fsp3) is 0.182. The zero-order valence-electron chi connectivity index (χ0n) is 8.38. The van der Waals surface area contributed by atoms with E-state index in [1.54, 1.807) is 6.92 Å². The third kappa shape index (κ3) is 2.08. The Hall–Kier alpha value is -1.78. The SMILES string of the molecule is Cc1nc(-c2ccc(C(F)(F)F)cc2)co1. The molecule has 2 aromatic rings. The molecule has 0 N–H and O–H groups in total. The molecule has 2 nitrogen and oxygen atoms in total. The van der Waals surface area contributed by atoms with E-state index >= 15 is 0 Å². The lowest BCUT2D eigenvalue weighted by molar-refractivity contribution is -0.137. The topological polar surface area (TPSA) is 26.0 Å². The van der Waals surface area contributed by atoms with Crippen molar-refractivity contribution in [1.82, 2.24) is 4.98 Å². The van der Waals surface area contributed by atoms with Gasteiger partial charge in [-0.25, -0.2) is 4.98 Å². The van der Waals surface area contributed by atoms with Crippen molar-refractivity contribution in [3.05, 3.63) is 42.0 Å². The second-order valence-electron chi connectivity index (χ2n) is 3.33. The molecule has 2 rings (SSSR count). The Balaban J connectivity index is 2.33. The van der Waals surface area contributed by atoms with Crippen LogP contribution in [0, 0.1) is 6.92 Å². The summed E-state index contributed by atoms with van der Waals surface area (Å²) >= 11 is 0. The van der Waals surface area contributed by atoms with Gasteiger partial charge in [-0.05, 0) is 12.1 Å². The van der Waals surface area contributed by atoms with Gasteiger partial charge in [-0.2, -0.15) is 13.2 Å². The Labute approximate surface area is 89.7 Å². The van der Waals surface area contributed by atoms with Crippen molar-refractivity contribution in [2.45, 2.75) is 13.1 Å². The molecule has 0 atom stereocenters. The normalized spacial score (nSPS) is 11.8. The number of oxazole rings is 1. The van der Waals surface area contributed by atoms with E-state index in [1.165, 1.54) is 18.4 Å². The van der Waals surface area contributed by atoms with Crippen LogP contribution in [0.2, 0.25) is 0 Å². The maximum absolute atomic E-state index is 12.3. The molecule has 0 aliphatic rings. The second-order valence-corrected chi connectivity index (χ2v) is 3.33. The number of aryl methyl sites for hydroxylation is 1. The maximum Gasteiger partial charge on any atom is 0.416 e. The summed E-state index contributed by atoms with van der Waals surface area (Å²) in [5.74, 6) is 0.481. The summed E-state index contributed by atoms with van der Waals surface area (Å²) in [4.78, 5) is 4.02. The first kappa shape index (κ1) is 10.7. The second kappa shape index (κ2) is 3.66. The Morgan fingerprint density at radius 1 is 1.12 bits per heavy atom. The monoisotopic (exact) mass is 227 g/mol. The molecule has 0 radical (unpaired) electrons. The molecule has 1 aromatic heterocycles. The minimum absolute atomic E-state index is 0.481. The average Bonchev–Trinajstić information content (AvgIpc) is 2.64. The van der Waals surface area contributed by atoms with E-state index in [0.717, 1.165) is 12.1 Å². The van der Waals surface area contributed by atoms with Gasteiger partial charge in [0.2, 0.25) is 0 Å². The van der Waals surface area contributed by atoms with Gasteiger partial charge in [-0.3, -0.25) is 0 Å². The molecule has 0 saturated heterocycles. The lowest BCUT2D eigenvalue weighted by Crippen LogP contribution is -2.03. The first-order valence-corrected chi connectivity index (χ1v) is 4.56. The molecular weight excluding hydrogens is 219 g/mol. The lowest BCUT2D eigenvalue weighted by atomic mass is 10.1. The number of hydrogen-bond acceptors (Lipinski definition) is 2. The average molecular weight is 227 g/mol. The van der Waals surface area contributed by atoms with Crippen LogP contribution in [0.3, 0.4) is 0 Å². The zero-order valence-corrected chi connectivity index (χ0v) is 8.38. The van der Waals surface area contributed by atoms with Crippen LogP contribution in [0.4, 0.5) is 13.2 Å². The first-order valence-electron chi connectivity index (χ1n) is 4.56. The highest BCUT2D eigenvalue weighted by Gasteiger charge is 2.30. The van der Waals surface area contributed by atoms with Crippen molar-refractivity contribution >= 4 is 0 Å². The van der Waals surface area contributed by atoms with E-state index in [-0.39, 0.29) is 0 Å². The van der Waals surface area contributed by atoms with Gasteiger partial charge in [0, 0.05) is 12.5 Å². The summed E-state index contributed by atoms with van der Waals surface area (Å²) in [7, 11) is 0. The van der Waals surface area contributed by atoms with Crippen LogP contribution in [-0.4, -0.2) is 4.98 Å². The lowest BCUT2D eigenvalue weighted by Gasteiger charge is -2.06. The van der Waals surface area contributed by atoms with Crippen molar-refractivity contribution in [2.75, 3.05) is 0 Å². The molecule has 1 heterocycles. The van der Waals surface area contributed by atoms with Crippen LogP contribution in [0.15, 0.2) is 34.9 Å². The van der Waals surface area contributed by atoms with Gasteiger partial charge in [0.05, 0.1) is 5.56 Å². The van der Waals surface area contributed by atoms with E-state index in [1.807, 2.05) is 0 Å². The molecule has 0 fully saturated rings. The van der Waals surface area contributed by atoms with Crippen LogP contribution in [0.1, 0.15) is 11.5 Å². The molecule has 5 heteroatoms. The van der Waals surface area contributed by atoms with Gasteiger partial charge < -0.3 is 4.42 Å². The number of halogens is 3. The Bertz CT molecular complexity index is 485. The Morgan fingerprint density at radius 3 is 2.19 bits per heavy atom. The van der Waals surface area contributed by atoms with Crippen LogP contribution >= 0.6 is 0 Å². The van der Waals surface area contributed by atoms with Crippen LogP contribution < -0.4 is 0 Å². The summed E-state index contributed by atoms with van der Waals surface area (Å²) in [6.45, 7) is 1.67. The highest BCUT2D eigenvalue weighted by molar-refractivity contribution is 5.58. The van der Waals surface area contributed by atoms with E-state index in [0.29, 0.717) is 17.1 Å². The molecule has 0 aliphatic heterocycles. The number of benzene rings is 1. The Kier molecular flexibility index (Phi) is 2.46. The smallest absolute Gasteiger partial charge is 0.416 e. The summed E-state index contributed by atoms with van der Waals surface area (Å²) in [6, 6.07) is 4.80. The molecule has 0 aliphatic carbocycles. The quantitative estimate of drug-likeness (QED) is 0.742. The summed E-state index contributed by atoms with van der Waals surface area (Å²) in [6.07, 6.45) is -2.89. The summed E-state index contributed by atoms with van der Waals surface area (Å²) in [5.41, 5.74) is 0.465. The van der Waals surface area contributed by atoms with Crippen molar-refractivity contribution in [1.29, 1.82) is 0 Å². The predicted octanol–water partition coefficient (Wildman–Crippen LogP) is 3.67. The van der Waals surface area contributed by atoms with E-state index in [4.69, 9.17) is 4.42 Å². The van der Waals surface area contributed by atoms with Gasteiger partial charge in [0.1, 0.15) is 12.0 Å². The summed E-state index contributed by atoms with van der Waals surface area (Å²) < 4.78 is 41.9. The highest BCUT2D eigenvalue weighted by atomic mass is 19.4. The number of alkyl halides is 3. The van der Waals surface area contributed by atoms with Gasteiger partial charge in [-0.1, -0.05) is 12.1 Å². The van der Waals surface area contributed by atoms with Gasteiger partial charge in [0.25, 0.3) is 0 Å². The molecule has 0 bridgehead atoms. The first-order chi connectivity index (χ1) is 7.47. The molecule has 0 spiro atoms. The van der Waals surface area contributed by atoms with Crippen molar-refractivity contribution < 1.29 is 17.6 Å². The third-order valence-corrected chi connectivity index (χ3v) is 2.13. The molecule has 16 heavy (non-hydrogen) atoms. The predicted molar refractivity (Wildman–Crippen MR) is 51.7 cm³/mol. The van der Waals surface area contributed by atoms with Gasteiger partial charge in [-0.15, -0.1) is 0 Å². The molecule has 0 saturated carbocycles. The third-order valence-electron chi connectivity index (χ3n) is 2.13. The highest BCUT2D eigenvalue weighted by Crippen LogP contribution is 2.30. The number of hydrogen-bond donors (Lipinski definition) is 0. The zero-order chi connectivity index (χ0) is 11.8. The van der Waals surface area contributed by atoms with Crippen molar-refractivity contribution in [3.8, 4) is 11.3 Å². The molecule has 84 valence electrons. The van der Waals surface area contributed by atoms with Crippen LogP contribution in [-0.2, 0) is 6.18 Å². The Morgan fingerprint density at radius 2 is 1.75 bits per heavy atom. The largest absolute Gasteiger partial charge is 0.449 e. The number of aromatic nitrogens is 1. The van der Waals surface area contributed by atoms with Crippen LogP contribution in [0.5, 0.6) is 0 Å². The maximum atomic E-state index is 12.3. The van der Waals surface area contributed by atoms with E-state index < -0.39 is 11.7 Å². The van der Waals surface area contributed by atoms with E-state index in [2.05, 4.69) is 4.98 Å². The summed E-state index contributed by atoms with van der Waals surface area (Å²) in [5, 5.41) is 0.